The average molecular weight is 280 g/mol. The van der Waals surface area contributed by atoms with Gasteiger partial charge in [0.15, 0.2) is 0 Å². The Morgan fingerprint density at radius 3 is 2.75 bits per heavy atom. The zero-order chi connectivity index (χ0) is 14.5. The summed E-state index contributed by atoms with van der Waals surface area (Å²) in [6, 6.07) is -0.0491. The van der Waals surface area contributed by atoms with Crippen molar-refractivity contribution in [3.8, 4) is 0 Å². The molecule has 5 nitrogen and oxygen atoms in total. The zero-order valence-electron chi connectivity index (χ0n) is 12.0. The zero-order valence-corrected chi connectivity index (χ0v) is 12.0. The largest absolute Gasteiger partial charge is 0.481 e. The van der Waals surface area contributed by atoms with Gasteiger partial charge in [0.25, 0.3) is 0 Å². The van der Waals surface area contributed by atoms with Gasteiger partial charge in [-0.25, -0.2) is 4.79 Å². The molecule has 0 bridgehead atoms. The molecule has 0 aromatic rings. The SMILES string of the molecule is CC1CC(C(=O)O)CCN1C(=O)NCC1CC=CCC1. The van der Waals surface area contributed by atoms with Gasteiger partial charge in [0.1, 0.15) is 0 Å². The monoisotopic (exact) mass is 280 g/mol. The van der Waals surface area contributed by atoms with Crippen LogP contribution < -0.4 is 5.32 Å². The van der Waals surface area contributed by atoms with E-state index in [0.29, 0.717) is 25.3 Å². The fraction of sp³-hybridized carbons (Fsp3) is 0.733. The van der Waals surface area contributed by atoms with Gasteiger partial charge in [-0.3, -0.25) is 4.79 Å². The van der Waals surface area contributed by atoms with E-state index in [1.54, 1.807) is 4.90 Å². The molecule has 1 heterocycles. The molecule has 2 rings (SSSR count). The van der Waals surface area contributed by atoms with Crippen LogP contribution in [0.4, 0.5) is 4.79 Å². The molecule has 1 aliphatic heterocycles. The van der Waals surface area contributed by atoms with Crippen molar-refractivity contribution in [3.05, 3.63) is 12.2 Å². The predicted molar refractivity (Wildman–Crippen MR) is 76.4 cm³/mol. The second-order valence-electron chi connectivity index (χ2n) is 5.94. The van der Waals surface area contributed by atoms with Gasteiger partial charge in [-0.15, -0.1) is 0 Å². The third-order valence-corrected chi connectivity index (χ3v) is 4.41. The summed E-state index contributed by atoms with van der Waals surface area (Å²) in [5.74, 6) is -0.515. The normalized spacial score (nSPS) is 30.1. The summed E-state index contributed by atoms with van der Waals surface area (Å²) in [6.07, 6.45) is 8.75. The number of nitrogens with zero attached hydrogens (tertiary/aromatic N) is 1. The van der Waals surface area contributed by atoms with Crippen LogP contribution in [-0.2, 0) is 4.79 Å². The van der Waals surface area contributed by atoms with Crippen molar-refractivity contribution in [2.45, 2.75) is 45.1 Å². The Morgan fingerprint density at radius 1 is 1.35 bits per heavy atom. The first kappa shape index (κ1) is 14.9. The first-order valence-corrected chi connectivity index (χ1v) is 7.50. The number of carboxylic acid groups (broad SMARTS) is 1. The number of carboxylic acids is 1. The summed E-state index contributed by atoms with van der Waals surface area (Å²) in [7, 11) is 0. The predicted octanol–water partition coefficient (Wildman–Crippen LogP) is 2.24. The summed E-state index contributed by atoms with van der Waals surface area (Å²) in [4.78, 5) is 24.9. The maximum Gasteiger partial charge on any atom is 0.317 e. The van der Waals surface area contributed by atoms with Gasteiger partial charge >= 0.3 is 12.0 Å². The Labute approximate surface area is 120 Å². The molecule has 0 aromatic heterocycles. The lowest BCUT2D eigenvalue weighted by molar-refractivity contribution is -0.143. The first-order chi connectivity index (χ1) is 9.58. The summed E-state index contributed by atoms with van der Waals surface area (Å²) in [6.45, 7) is 3.18. The minimum Gasteiger partial charge on any atom is -0.481 e. The van der Waals surface area contributed by atoms with E-state index in [1.165, 1.54) is 0 Å². The molecule has 2 amide bonds. The van der Waals surface area contributed by atoms with E-state index in [-0.39, 0.29) is 18.0 Å². The van der Waals surface area contributed by atoms with Crippen molar-refractivity contribution < 1.29 is 14.7 Å². The number of hydrogen-bond donors (Lipinski definition) is 2. The number of allylic oxidation sites excluding steroid dienone is 2. The number of likely N-dealkylation sites (tertiary alicyclic amines) is 1. The van der Waals surface area contributed by atoms with Gasteiger partial charge in [0.2, 0.25) is 0 Å². The van der Waals surface area contributed by atoms with Gasteiger partial charge in [0.05, 0.1) is 5.92 Å². The van der Waals surface area contributed by atoms with Gasteiger partial charge < -0.3 is 15.3 Å². The fourth-order valence-electron chi connectivity index (χ4n) is 3.07. The van der Waals surface area contributed by atoms with Gasteiger partial charge in [-0.2, -0.15) is 0 Å². The molecule has 0 radical (unpaired) electrons. The Morgan fingerprint density at radius 2 is 2.15 bits per heavy atom. The lowest BCUT2D eigenvalue weighted by Crippen LogP contribution is -2.50. The molecular weight excluding hydrogens is 256 g/mol. The first-order valence-electron chi connectivity index (χ1n) is 7.50. The van der Waals surface area contributed by atoms with Crippen LogP contribution in [0, 0.1) is 11.8 Å². The minimum absolute atomic E-state index is 0.00361. The van der Waals surface area contributed by atoms with Gasteiger partial charge in [0, 0.05) is 19.1 Å². The summed E-state index contributed by atoms with van der Waals surface area (Å²) >= 11 is 0. The number of carbonyl (C=O) groups excluding carboxylic acids is 1. The number of hydrogen-bond acceptors (Lipinski definition) is 2. The molecule has 2 aliphatic rings. The molecule has 0 saturated carbocycles. The molecule has 2 N–H and O–H groups in total. The maximum atomic E-state index is 12.2. The van der Waals surface area contributed by atoms with Crippen molar-refractivity contribution in [2.75, 3.05) is 13.1 Å². The molecule has 5 heteroatoms. The highest BCUT2D eigenvalue weighted by Gasteiger charge is 2.32. The molecule has 0 spiro atoms. The van der Waals surface area contributed by atoms with Crippen molar-refractivity contribution in [3.63, 3.8) is 0 Å². The van der Waals surface area contributed by atoms with Gasteiger partial charge in [-0.05, 0) is 44.9 Å². The van der Waals surface area contributed by atoms with Crippen LogP contribution in [0.2, 0.25) is 0 Å². The minimum atomic E-state index is -0.745. The topological polar surface area (TPSA) is 69.6 Å². The molecule has 1 fully saturated rings. The van der Waals surface area contributed by atoms with Crippen LogP contribution in [0.3, 0.4) is 0 Å². The lowest BCUT2D eigenvalue weighted by Gasteiger charge is -2.36. The number of aliphatic carboxylic acids is 1. The molecule has 112 valence electrons. The van der Waals surface area contributed by atoms with Crippen LogP contribution in [0.5, 0.6) is 0 Å². The molecule has 3 unspecified atom stereocenters. The summed E-state index contributed by atoms with van der Waals surface area (Å²) in [5.41, 5.74) is 0. The molecule has 20 heavy (non-hydrogen) atoms. The van der Waals surface area contributed by atoms with Crippen molar-refractivity contribution in [1.82, 2.24) is 10.2 Å². The Kier molecular flexibility index (Phi) is 5.04. The van der Waals surface area contributed by atoms with Crippen LogP contribution in [0.15, 0.2) is 12.2 Å². The number of piperidine rings is 1. The van der Waals surface area contributed by atoms with E-state index in [9.17, 15) is 9.59 Å². The van der Waals surface area contributed by atoms with E-state index in [4.69, 9.17) is 5.11 Å². The highest BCUT2D eigenvalue weighted by Crippen LogP contribution is 2.23. The Hall–Kier alpha value is -1.52. The fourth-order valence-corrected chi connectivity index (χ4v) is 3.07. The van der Waals surface area contributed by atoms with Crippen LogP contribution in [-0.4, -0.2) is 41.1 Å². The van der Waals surface area contributed by atoms with Crippen molar-refractivity contribution in [1.29, 1.82) is 0 Å². The van der Waals surface area contributed by atoms with E-state index >= 15 is 0 Å². The van der Waals surface area contributed by atoms with E-state index < -0.39 is 5.97 Å². The smallest absolute Gasteiger partial charge is 0.317 e. The second kappa shape index (κ2) is 6.77. The number of urea groups is 1. The number of rotatable bonds is 3. The maximum absolute atomic E-state index is 12.2. The van der Waals surface area contributed by atoms with Crippen LogP contribution >= 0.6 is 0 Å². The standard InChI is InChI=1S/C15H24N2O3/c1-11-9-13(14(18)19)7-8-17(11)15(20)16-10-12-5-3-2-4-6-12/h2-3,11-13H,4-10H2,1H3,(H,16,20)(H,18,19). The highest BCUT2D eigenvalue weighted by molar-refractivity contribution is 5.75. The summed E-state index contributed by atoms with van der Waals surface area (Å²) in [5, 5.41) is 12.0. The summed E-state index contributed by atoms with van der Waals surface area (Å²) < 4.78 is 0. The molecule has 3 atom stereocenters. The third-order valence-electron chi connectivity index (χ3n) is 4.41. The molecule has 1 saturated heterocycles. The van der Waals surface area contributed by atoms with Crippen molar-refractivity contribution in [2.24, 2.45) is 11.8 Å². The van der Waals surface area contributed by atoms with Gasteiger partial charge in [-0.1, -0.05) is 12.2 Å². The molecule has 0 aromatic carbocycles. The van der Waals surface area contributed by atoms with Crippen LogP contribution in [0.1, 0.15) is 39.0 Å². The third kappa shape index (κ3) is 3.74. The highest BCUT2D eigenvalue weighted by atomic mass is 16.4. The Balaban J connectivity index is 1.78. The average Bonchev–Trinajstić information content (AvgIpc) is 2.45. The van der Waals surface area contributed by atoms with E-state index in [1.807, 2.05) is 6.92 Å². The number of carbonyl (C=O) groups is 2. The lowest BCUT2D eigenvalue weighted by atomic mass is 9.92. The molecular formula is C15H24N2O3. The second-order valence-corrected chi connectivity index (χ2v) is 5.94. The van der Waals surface area contributed by atoms with E-state index in [0.717, 1.165) is 25.8 Å². The molecule has 1 aliphatic carbocycles. The van der Waals surface area contributed by atoms with Crippen LogP contribution in [0.25, 0.3) is 0 Å². The number of nitrogens with one attached hydrogen (secondary N) is 1. The Bertz CT molecular complexity index is 395. The van der Waals surface area contributed by atoms with E-state index in [2.05, 4.69) is 17.5 Å². The number of amides is 2. The van der Waals surface area contributed by atoms with Crippen molar-refractivity contribution >= 4 is 12.0 Å². The quantitative estimate of drug-likeness (QED) is 0.779.